The van der Waals surface area contributed by atoms with Crippen molar-refractivity contribution in [2.24, 2.45) is 29.6 Å². The first-order valence-corrected chi connectivity index (χ1v) is 24.7. The molecule has 366 valence electrons. The summed E-state index contributed by atoms with van der Waals surface area (Å²) in [6, 6.07) is 7.71. The number of methoxy groups -OCH3 is 3. The normalized spacial score (nSPS) is 37.2. The molecule has 2 saturated heterocycles. The van der Waals surface area contributed by atoms with Crippen molar-refractivity contribution in [1.82, 2.24) is 9.47 Å². The lowest BCUT2D eigenvalue weighted by atomic mass is 9.75. The van der Waals surface area contributed by atoms with Gasteiger partial charge in [-0.1, -0.05) is 51.5 Å². The van der Waals surface area contributed by atoms with Gasteiger partial charge in [0, 0.05) is 76.2 Å². The Morgan fingerprint density at radius 3 is 2.30 bits per heavy atom. The number of aromatic nitrogens is 1. The van der Waals surface area contributed by atoms with E-state index in [1.54, 1.807) is 35.2 Å². The molecule has 13 heteroatoms. The lowest BCUT2D eigenvalue weighted by molar-refractivity contribution is -0.302. The van der Waals surface area contributed by atoms with Crippen LogP contribution in [0.1, 0.15) is 131 Å². The molecule has 2 aromatic rings. The van der Waals surface area contributed by atoms with E-state index < -0.39 is 77.8 Å². The van der Waals surface area contributed by atoms with E-state index in [1.807, 2.05) is 26.8 Å². The number of piperidine rings is 1. The number of carbonyl (C=O) groups excluding carboxylic acids is 4. The Hall–Kier alpha value is -3.72. The number of ether oxygens (including phenoxy) is 5. The third-order valence-electron chi connectivity index (χ3n) is 15.5. The number of nitrogens with zero attached hydrogens (tertiary/aromatic N) is 2. The van der Waals surface area contributed by atoms with Crippen molar-refractivity contribution >= 4 is 34.3 Å². The Bertz CT molecular complexity index is 2080. The van der Waals surface area contributed by atoms with Crippen molar-refractivity contribution in [2.75, 3.05) is 27.9 Å². The number of hydrogen-bond acceptors (Lipinski definition) is 11. The molecule has 4 aliphatic rings. The number of aryl methyl sites for hydroxylation is 1. The molecule has 4 heterocycles. The van der Waals surface area contributed by atoms with Crippen LogP contribution < -0.4 is 0 Å². The van der Waals surface area contributed by atoms with E-state index in [-0.39, 0.29) is 55.4 Å². The lowest BCUT2D eigenvalue weighted by Crippen LogP contribution is -2.64. The number of allylic oxidation sites excluding steroid dienone is 3. The van der Waals surface area contributed by atoms with E-state index in [4.69, 9.17) is 23.7 Å². The van der Waals surface area contributed by atoms with Gasteiger partial charge < -0.3 is 43.4 Å². The minimum atomic E-state index is -2.50. The number of carbonyl (C=O) groups is 4. The number of Topliss-reactive ketones (excluding diaryl/α,β-unsaturated/α-hetero) is 2. The van der Waals surface area contributed by atoms with Gasteiger partial charge in [-0.2, -0.15) is 0 Å². The second-order valence-electron chi connectivity index (χ2n) is 20.1. The molecule has 0 radical (unpaired) electrons. The number of cyclic esters (lactones) is 1. The van der Waals surface area contributed by atoms with Gasteiger partial charge in [-0.3, -0.25) is 14.4 Å². The molecular formula is C53H78N2O11. The summed E-state index contributed by atoms with van der Waals surface area (Å²) in [7, 11) is 4.84. The van der Waals surface area contributed by atoms with Gasteiger partial charge in [0.2, 0.25) is 5.79 Å². The summed E-state index contributed by atoms with van der Waals surface area (Å²) in [6.07, 6.45) is 7.68. The largest absolute Gasteiger partial charge is 0.456 e. The van der Waals surface area contributed by atoms with E-state index in [9.17, 15) is 29.4 Å². The molecule has 2 bridgehead atoms. The third kappa shape index (κ3) is 11.2. The molecule has 3 aliphatic heterocycles. The molecule has 66 heavy (non-hydrogen) atoms. The van der Waals surface area contributed by atoms with Crippen molar-refractivity contribution in [3.63, 3.8) is 0 Å². The van der Waals surface area contributed by atoms with Gasteiger partial charge in [-0.15, -0.1) is 0 Å². The maximum atomic E-state index is 14.6. The zero-order valence-electron chi connectivity index (χ0n) is 41.2. The van der Waals surface area contributed by atoms with E-state index >= 15 is 0 Å². The van der Waals surface area contributed by atoms with Crippen LogP contribution in [-0.2, 0) is 49.4 Å². The van der Waals surface area contributed by atoms with Crippen molar-refractivity contribution < 1.29 is 53.1 Å². The van der Waals surface area contributed by atoms with Gasteiger partial charge in [0.15, 0.2) is 0 Å². The zero-order chi connectivity index (χ0) is 48.0. The highest BCUT2D eigenvalue weighted by atomic mass is 16.7. The minimum absolute atomic E-state index is 0.0369. The van der Waals surface area contributed by atoms with E-state index in [0.29, 0.717) is 32.1 Å². The maximum Gasteiger partial charge on any atom is 0.329 e. The summed E-state index contributed by atoms with van der Waals surface area (Å²) >= 11 is 0. The Labute approximate surface area is 392 Å². The monoisotopic (exact) mass is 919 g/mol. The smallest absolute Gasteiger partial charge is 0.329 e. The van der Waals surface area contributed by atoms with Crippen molar-refractivity contribution in [3.05, 3.63) is 59.3 Å². The number of fused-ring (bicyclic) bond motifs is 4. The van der Waals surface area contributed by atoms with Crippen molar-refractivity contribution in [2.45, 2.75) is 180 Å². The summed E-state index contributed by atoms with van der Waals surface area (Å²) < 4.78 is 32.9. The second kappa shape index (κ2) is 22.6. The topological polar surface area (TPSA) is 163 Å². The number of amides is 1. The fourth-order valence-corrected chi connectivity index (χ4v) is 11.5. The van der Waals surface area contributed by atoms with Gasteiger partial charge in [0.1, 0.15) is 24.0 Å². The highest BCUT2D eigenvalue weighted by Gasteiger charge is 2.56. The van der Waals surface area contributed by atoms with E-state index in [0.717, 1.165) is 37.0 Å². The van der Waals surface area contributed by atoms with Crippen LogP contribution in [0.3, 0.4) is 0 Å². The molecule has 14 atom stereocenters. The summed E-state index contributed by atoms with van der Waals surface area (Å²) in [6.45, 7) is 14.5. The minimum Gasteiger partial charge on any atom is -0.456 e. The molecule has 3 fully saturated rings. The maximum absolute atomic E-state index is 14.6. The first-order valence-electron chi connectivity index (χ1n) is 24.7. The van der Waals surface area contributed by atoms with Crippen LogP contribution in [0.4, 0.5) is 0 Å². The second-order valence-corrected chi connectivity index (χ2v) is 20.1. The summed E-state index contributed by atoms with van der Waals surface area (Å²) in [5, 5.41) is 25.2. The third-order valence-corrected chi connectivity index (χ3v) is 15.5. The summed E-state index contributed by atoms with van der Waals surface area (Å²) in [5.74, 6) is -7.12. The Balaban J connectivity index is 1.32. The van der Waals surface area contributed by atoms with Gasteiger partial charge in [0.05, 0.1) is 24.4 Å². The Morgan fingerprint density at radius 1 is 0.909 bits per heavy atom. The fraction of sp³-hybridized carbons (Fsp3) is 0.698. The van der Waals surface area contributed by atoms with E-state index in [2.05, 4.69) is 55.0 Å². The number of benzene rings is 1. The number of aliphatic hydroxyl groups excluding tert-OH is 1. The van der Waals surface area contributed by atoms with Crippen molar-refractivity contribution in [3.8, 4) is 0 Å². The van der Waals surface area contributed by atoms with Gasteiger partial charge in [-0.25, -0.2) is 4.79 Å². The summed E-state index contributed by atoms with van der Waals surface area (Å²) in [4.78, 5) is 58.6. The van der Waals surface area contributed by atoms with Crippen LogP contribution in [0.25, 0.3) is 10.9 Å². The van der Waals surface area contributed by atoms with Crippen molar-refractivity contribution in [1.29, 1.82) is 0 Å². The molecule has 1 aliphatic carbocycles. The van der Waals surface area contributed by atoms with Crippen LogP contribution in [0.15, 0.2) is 53.8 Å². The van der Waals surface area contributed by atoms with Crippen LogP contribution in [0, 0.1) is 29.6 Å². The SMILES string of the molecule is CC[C@@H]1/C=C(\C)C[C@H](C)CC(OC)[C@H]2O[C@@](O)(C(=O)C(=O)N3CCCC[C@H]3C(=O)O[C@H](/C(C)=C/[C@@H]3CC[C@@H](c4ccc5c(ccn5CC)c4)[C@H](OC)C3)[C@H](C)[C@@H](O)CC1=O)[C@H](C)C[C@@H]2OC. The molecule has 1 amide bonds. The number of esters is 1. The number of hydrogen-bond donors (Lipinski definition) is 2. The average molecular weight is 919 g/mol. The Kier molecular flexibility index (Phi) is 17.7. The van der Waals surface area contributed by atoms with Crippen LogP contribution in [0.5, 0.6) is 0 Å². The zero-order valence-corrected chi connectivity index (χ0v) is 41.2. The fourth-order valence-electron chi connectivity index (χ4n) is 11.5. The molecule has 1 aromatic carbocycles. The summed E-state index contributed by atoms with van der Waals surface area (Å²) in [5.41, 5.74) is 4.19. The molecule has 6 rings (SSSR count). The van der Waals surface area contributed by atoms with Gasteiger partial charge in [-0.05, 0) is 132 Å². The van der Waals surface area contributed by atoms with Crippen LogP contribution in [0.2, 0.25) is 0 Å². The number of ketones is 2. The number of aliphatic hydroxyl groups is 2. The molecule has 1 aromatic heterocycles. The molecule has 13 nitrogen and oxygen atoms in total. The highest BCUT2D eigenvalue weighted by molar-refractivity contribution is 6.39. The molecular weight excluding hydrogens is 841 g/mol. The van der Waals surface area contributed by atoms with E-state index in [1.165, 1.54) is 21.4 Å². The molecule has 2 N–H and O–H groups in total. The Morgan fingerprint density at radius 2 is 1.62 bits per heavy atom. The van der Waals surface area contributed by atoms with Crippen LogP contribution in [-0.4, -0.2) is 119 Å². The average Bonchev–Trinajstić information content (AvgIpc) is 3.73. The highest BCUT2D eigenvalue weighted by Crippen LogP contribution is 2.42. The van der Waals surface area contributed by atoms with Gasteiger partial charge in [0.25, 0.3) is 11.7 Å². The number of rotatable bonds is 8. The van der Waals surface area contributed by atoms with Crippen LogP contribution >= 0.6 is 0 Å². The molecule has 1 unspecified atom stereocenters. The first kappa shape index (κ1) is 51.7. The molecule has 1 saturated carbocycles. The predicted octanol–water partition coefficient (Wildman–Crippen LogP) is 7.87. The molecule has 0 spiro atoms. The van der Waals surface area contributed by atoms with Gasteiger partial charge >= 0.3 is 5.97 Å². The predicted molar refractivity (Wildman–Crippen MR) is 252 cm³/mol. The first-order chi connectivity index (χ1) is 31.5. The lowest BCUT2D eigenvalue weighted by Gasteiger charge is -2.47. The quantitative estimate of drug-likeness (QED) is 0.151. The standard InChI is InChI=1S/C53H78N2O11/c1-11-37-24-31(3)23-32(4)25-46(63-9)49-47(64-10)27-34(6)53(61,66-49)50(58)51(59)55-21-14-13-15-42(55)52(60)65-48(35(7)43(56)30-44(37)57)33(5)26-36-16-18-40(45(28-36)62-8)38-17-19-41-39(29-38)20-22-54(41)12-2/h17,19-20,22,24,26,29,32,34-37,40,42-43,45-49,56,61H,11-16,18,21,23,25,27-28,30H2,1-10H3/b31-24+,33-26+/t32-,34+,35+,36-,37+,40-,42-,43-,45+,46?,47-,48+,49+,53+/m0/s1.